The summed E-state index contributed by atoms with van der Waals surface area (Å²) in [6.07, 6.45) is 0.652. The summed E-state index contributed by atoms with van der Waals surface area (Å²) in [6.45, 7) is 1.36. The average molecular weight is 371 g/mol. The summed E-state index contributed by atoms with van der Waals surface area (Å²) in [6, 6.07) is 4.43. The Morgan fingerprint density at radius 1 is 1.41 bits per heavy atom. The molecular formula is C13H20Cl2N2O4S. The highest BCUT2D eigenvalue weighted by Crippen LogP contribution is 2.31. The summed E-state index contributed by atoms with van der Waals surface area (Å²) < 4.78 is 37.1. The van der Waals surface area contributed by atoms with Gasteiger partial charge in [0.15, 0.2) is 0 Å². The Morgan fingerprint density at radius 2 is 2.14 bits per heavy atom. The van der Waals surface area contributed by atoms with E-state index in [1.807, 2.05) is 0 Å². The van der Waals surface area contributed by atoms with Gasteiger partial charge >= 0.3 is 0 Å². The lowest BCUT2D eigenvalue weighted by Crippen LogP contribution is -2.32. The van der Waals surface area contributed by atoms with Gasteiger partial charge in [-0.3, -0.25) is 0 Å². The van der Waals surface area contributed by atoms with Crippen molar-refractivity contribution in [3.05, 3.63) is 23.2 Å². The van der Waals surface area contributed by atoms with Crippen LogP contribution in [-0.2, 0) is 14.8 Å². The van der Waals surface area contributed by atoms with Crippen molar-refractivity contribution in [3.63, 3.8) is 0 Å². The first-order valence-electron chi connectivity index (χ1n) is 6.62. The van der Waals surface area contributed by atoms with Gasteiger partial charge in [-0.25, -0.2) is 8.42 Å². The lowest BCUT2D eigenvalue weighted by atomic mass is 10.3. The minimum absolute atomic E-state index is 0. The Bertz CT molecular complexity index is 598. The van der Waals surface area contributed by atoms with E-state index in [2.05, 4.69) is 0 Å². The molecule has 1 saturated heterocycles. The highest BCUT2D eigenvalue weighted by molar-refractivity contribution is 7.89. The molecule has 9 heteroatoms. The van der Waals surface area contributed by atoms with Crippen LogP contribution in [0.4, 0.5) is 0 Å². The van der Waals surface area contributed by atoms with Gasteiger partial charge in [-0.1, -0.05) is 11.6 Å². The standard InChI is InChI=1S/C13H19ClN2O4S.ClH/c1-19-6-7-20-12-3-2-10(14)8-13(12)21(17,18)16-5-4-11(15)9-16;/h2-3,8,11H,4-7,9,15H2,1H3;1H. The zero-order chi connectivity index (χ0) is 15.5. The summed E-state index contributed by atoms with van der Waals surface area (Å²) in [5, 5.41) is 0.344. The molecule has 2 N–H and O–H groups in total. The number of hydrogen-bond donors (Lipinski definition) is 1. The van der Waals surface area contributed by atoms with E-state index in [-0.39, 0.29) is 35.7 Å². The number of rotatable bonds is 6. The van der Waals surface area contributed by atoms with Gasteiger partial charge in [0.2, 0.25) is 10.0 Å². The Balaban J connectivity index is 0.00000242. The highest BCUT2D eigenvalue weighted by Gasteiger charge is 2.33. The molecule has 1 fully saturated rings. The Hall–Kier alpha value is -0.570. The van der Waals surface area contributed by atoms with Crippen molar-refractivity contribution >= 4 is 34.0 Å². The van der Waals surface area contributed by atoms with E-state index in [1.165, 1.54) is 10.4 Å². The largest absolute Gasteiger partial charge is 0.490 e. The van der Waals surface area contributed by atoms with Crippen LogP contribution >= 0.6 is 24.0 Å². The SMILES string of the molecule is COCCOc1ccc(Cl)cc1S(=O)(=O)N1CCC(N)C1.Cl. The topological polar surface area (TPSA) is 81.9 Å². The number of methoxy groups -OCH3 is 1. The van der Waals surface area contributed by atoms with Crippen LogP contribution in [0.5, 0.6) is 5.75 Å². The zero-order valence-corrected chi connectivity index (χ0v) is 14.6. The van der Waals surface area contributed by atoms with Crippen molar-refractivity contribution in [2.75, 3.05) is 33.4 Å². The summed E-state index contributed by atoms with van der Waals surface area (Å²) in [4.78, 5) is 0.0696. The van der Waals surface area contributed by atoms with Gasteiger partial charge in [-0.15, -0.1) is 12.4 Å². The van der Waals surface area contributed by atoms with Crippen LogP contribution in [0.25, 0.3) is 0 Å². The van der Waals surface area contributed by atoms with Crippen LogP contribution < -0.4 is 10.5 Å². The third-order valence-corrected chi connectivity index (χ3v) is 5.38. The van der Waals surface area contributed by atoms with Crippen LogP contribution in [0, 0.1) is 0 Å². The summed E-state index contributed by atoms with van der Waals surface area (Å²) >= 11 is 5.93. The number of nitrogens with zero attached hydrogens (tertiary/aromatic N) is 1. The van der Waals surface area contributed by atoms with Gasteiger partial charge in [0.1, 0.15) is 17.3 Å². The predicted molar refractivity (Wildman–Crippen MR) is 87.4 cm³/mol. The van der Waals surface area contributed by atoms with Crippen molar-refractivity contribution in [1.29, 1.82) is 0 Å². The van der Waals surface area contributed by atoms with E-state index in [4.69, 9.17) is 26.8 Å². The molecule has 0 saturated carbocycles. The molecule has 1 aromatic rings. The van der Waals surface area contributed by atoms with E-state index in [0.29, 0.717) is 31.1 Å². The molecule has 1 aliphatic rings. The predicted octanol–water partition coefficient (Wildman–Crippen LogP) is 1.51. The second kappa shape index (κ2) is 8.33. The number of halogens is 2. The number of nitrogens with two attached hydrogens (primary N) is 1. The second-order valence-electron chi connectivity index (χ2n) is 4.84. The Labute approximate surface area is 142 Å². The molecule has 0 spiro atoms. The van der Waals surface area contributed by atoms with E-state index >= 15 is 0 Å². The maximum absolute atomic E-state index is 12.7. The van der Waals surface area contributed by atoms with Gasteiger partial charge in [-0.05, 0) is 24.6 Å². The molecule has 0 amide bonds. The number of hydrogen-bond acceptors (Lipinski definition) is 5. The number of benzene rings is 1. The van der Waals surface area contributed by atoms with E-state index in [0.717, 1.165) is 0 Å². The Morgan fingerprint density at radius 3 is 2.73 bits per heavy atom. The van der Waals surface area contributed by atoms with Crippen molar-refractivity contribution < 1.29 is 17.9 Å². The van der Waals surface area contributed by atoms with Crippen LogP contribution in [0.2, 0.25) is 5.02 Å². The maximum atomic E-state index is 12.7. The van der Waals surface area contributed by atoms with Crippen molar-refractivity contribution in [1.82, 2.24) is 4.31 Å². The van der Waals surface area contributed by atoms with E-state index in [1.54, 1.807) is 19.2 Å². The van der Waals surface area contributed by atoms with Crippen LogP contribution in [0.3, 0.4) is 0 Å². The summed E-state index contributed by atoms with van der Waals surface area (Å²) in [5.41, 5.74) is 5.79. The third kappa shape index (κ3) is 4.47. The zero-order valence-electron chi connectivity index (χ0n) is 12.2. The molecule has 0 aromatic heterocycles. The quantitative estimate of drug-likeness (QED) is 0.767. The van der Waals surface area contributed by atoms with Crippen LogP contribution in [0.15, 0.2) is 23.1 Å². The molecule has 1 unspecified atom stereocenters. The van der Waals surface area contributed by atoms with Crippen molar-refractivity contribution in [3.8, 4) is 5.75 Å². The summed E-state index contributed by atoms with van der Waals surface area (Å²) in [5.74, 6) is 0.275. The Kier molecular flexibility index (Phi) is 7.37. The van der Waals surface area contributed by atoms with Crippen molar-refractivity contribution in [2.24, 2.45) is 5.73 Å². The molecule has 1 atom stereocenters. The fourth-order valence-electron chi connectivity index (χ4n) is 2.15. The normalized spacial score (nSPS) is 19.0. The number of sulfonamides is 1. The van der Waals surface area contributed by atoms with Gasteiger partial charge in [0.25, 0.3) is 0 Å². The minimum atomic E-state index is -3.66. The first-order valence-corrected chi connectivity index (χ1v) is 8.44. The molecule has 22 heavy (non-hydrogen) atoms. The highest BCUT2D eigenvalue weighted by atomic mass is 35.5. The first kappa shape index (κ1) is 19.5. The molecule has 1 heterocycles. The molecule has 2 rings (SSSR count). The lowest BCUT2D eigenvalue weighted by molar-refractivity contribution is 0.144. The third-order valence-electron chi connectivity index (χ3n) is 3.26. The maximum Gasteiger partial charge on any atom is 0.246 e. The minimum Gasteiger partial charge on any atom is -0.490 e. The van der Waals surface area contributed by atoms with E-state index in [9.17, 15) is 8.42 Å². The molecule has 0 aliphatic carbocycles. The molecule has 1 aliphatic heterocycles. The second-order valence-corrected chi connectivity index (χ2v) is 7.19. The fraction of sp³-hybridized carbons (Fsp3) is 0.538. The summed E-state index contributed by atoms with van der Waals surface area (Å²) in [7, 11) is -2.11. The van der Waals surface area contributed by atoms with Crippen molar-refractivity contribution in [2.45, 2.75) is 17.4 Å². The molecule has 0 radical (unpaired) electrons. The molecule has 0 bridgehead atoms. The average Bonchev–Trinajstić information content (AvgIpc) is 2.88. The lowest BCUT2D eigenvalue weighted by Gasteiger charge is -2.19. The molecule has 6 nitrogen and oxygen atoms in total. The van der Waals surface area contributed by atoms with E-state index < -0.39 is 10.0 Å². The molecule has 126 valence electrons. The van der Waals surface area contributed by atoms with Gasteiger partial charge in [0.05, 0.1) is 6.61 Å². The van der Waals surface area contributed by atoms with Gasteiger partial charge < -0.3 is 15.2 Å². The molecular weight excluding hydrogens is 351 g/mol. The smallest absolute Gasteiger partial charge is 0.246 e. The monoisotopic (exact) mass is 370 g/mol. The fourth-order valence-corrected chi connectivity index (χ4v) is 4.05. The first-order chi connectivity index (χ1) is 9.95. The van der Waals surface area contributed by atoms with Crippen LogP contribution in [-0.4, -0.2) is 52.2 Å². The van der Waals surface area contributed by atoms with Gasteiger partial charge in [0, 0.05) is 31.3 Å². The number of ether oxygens (including phenoxy) is 2. The van der Waals surface area contributed by atoms with Crippen LogP contribution in [0.1, 0.15) is 6.42 Å². The van der Waals surface area contributed by atoms with Gasteiger partial charge in [-0.2, -0.15) is 4.31 Å². The molecule has 1 aromatic carbocycles.